The summed E-state index contributed by atoms with van der Waals surface area (Å²) < 4.78 is 5.45. The molecule has 0 radical (unpaired) electrons. The first kappa shape index (κ1) is 19.7. The number of piperazine rings is 1. The van der Waals surface area contributed by atoms with E-state index >= 15 is 0 Å². The van der Waals surface area contributed by atoms with Crippen LogP contribution in [0.1, 0.15) is 26.3 Å². The molecule has 0 bridgehead atoms. The molecule has 1 saturated heterocycles. The average Bonchev–Trinajstić information content (AvgIpc) is 2.62. The van der Waals surface area contributed by atoms with Crippen LogP contribution in [-0.2, 0) is 11.3 Å². The smallest absolute Gasteiger partial charge is 0.410 e. The molecule has 1 amide bonds. The van der Waals surface area contributed by atoms with E-state index in [2.05, 4.69) is 29.2 Å². The van der Waals surface area contributed by atoms with Crippen LogP contribution < -0.4 is 0 Å². The molecule has 0 unspecified atom stereocenters. The Bertz CT molecular complexity index is 758. The summed E-state index contributed by atoms with van der Waals surface area (Å²) in [6.45, 7) is 9.72. The minimum Gasteiger partial charge on any atom is -0.444 e. The van der Waals surface area contributed by atoms with Gasteiger partial charge in [-0.3, -0.25) is 4.90 Å². The quantitative estimate of drug-likeness (QED) is 0.739. The molecule has 0 aromatic heterocycles. The molecule has 5 heteroatoms. The normalized spacial score (nSPS) is 15.6. The van der Waals surface area contributed by atoms with Crippen LogP contribution in [0.15, 0.2) is 48.5 Å². The fourth-order valence-electron chi connectivity index (χ4n) is 3.12. The third-order valence-electron chi connectivity index (χ3n) is 4.56. The molecule has 3 rings (SSSR count). The zero-order valence-corrected chi connectivity index (χ0v) is 17.0. The van der Waals surface area contributed by atoms with E-state index in [9.17, 15) is 4.79 Å². The molecule has 0 spiro atoms. The topological polar surface area (TPSA) is 32.8 Å². The summed E-state index contributed by atoms with van der Waals surface area (Å²) in [5.74, 6) is 0. The van der Waals surface area contributed by atoms with Gasteiger partial charge in [0, 0.05) is 37.7 Å². The van der Waals surface area contributed by atoms with Gasteiger partial charge in [-0.1, -0.05) is 48.0 Å². The van der Waals surface area contributed by atoms with Crippen LogP contribution in [0, 0.1) is 0 Å². The summed E-state index contributed by atoms with van der Waals surface area (Å²) in [4.78, 5) is 16.3. The van der Waals surface area contributed by atoms with Crippen molar-refractivity contribution in [3.8, 4) is 11.1 Å². The second-order valence-corrected chi connectivity index (χ2v) is 8.38. The first-order valence-corrected chi connectivity index (χ1v) is 9.73. The van der Waals surface area contributed by atoms with Crippen molar-refractivity contribution in [2.45, 2.75) is 32.9 Å². The van der Waals surface area contributed by atoms with E-state index in [1.54, 1.807) is 4.90 Å². The fraction of sp³-hybridized carbons (Fsp3) is 0.409. The van der Waals surface area contributed by atoms with Gasteiger partial charge >= 0.3 is 6.09 Å². The number of carbonyl (C=O) groups excluding carboxylic acids is 1. The Morgan fingerprint density at radius 1 is 0.926 bits per heavy atom. The Morgan fingerprint density at radius 3 is 1.96 bits per heavy atom. The van der Waals surface area contributed by atoms with Crippen LogP contribution in [0.5, 0.6) is 0 Å². The lowest BCUT2D eigenvalue weighted by atomic mass is 10.0. The molecule has 2 aromatic rings. The molecule has 0 atom stereocenters. The number of hydrogen-bond donors (Lipinski definition) is 0. The molecule has 1 aliphatic rings. The van der Waals surface area contributed by atoms with Crippen molar-refractivity contribution in [3.63, 3.8) is 0 Å². The number of carbonyl (C=O) groups is 1. The Hall–Kier alpha value is -2.04. The van der Waals surface area contributed by atoms with Gasteiger partial charge in [-0.15, -0.1) is 0 Å². The number of amides is 1. The predicted molar refractivity (Wildman–Crippen MR) is 110 cm³/mol. The zero-order chi connectivity index (χ0) is 19.4. The molecule has 144 valence electrons. The zero-order valence-electron chi connectivity index (χ0n) is 16.2. The second kappa shape index (κ2) is 8.32. The molecule has 4 nitrogen and oxygen atoms in total. The van der Waals surface area contributed by atoms with Crippen molar-refractivity contribution < 1.29 is 9.53 Å². The first-order chi connectivity index (χ1) is 12.8. The summed E-state index contributed by atoms with van der Waals surface area (Å²) in [6.07, 6.45) is -0.213. The lowest BCUT2D eigenvalue weighted by molar-refractivity contribution is 0.0139. The van der Waals surface area contributed by atoms with E-state index in [4.69, 9.17) is 16.3 Å². The third kappa shape index (κ3) is 5.72. The van der Waals surface area contributed by atoms with Gasteiger partial charge in [0.05, 0.1) is 0 Å². The predicted octanol–water partition coefficient (Wildman–Crippen LogP) is 5.06. The van der Waals surface area contributed by atoms with Gasteiger partial charge in [-0.25, -0.2) is 4.79 Å². The Kier molecular flexibility index (Phi) is 6.08. The Balaban J connectivity index is 1.52. The third-order valence-corrected chi connectivity index (χ3v) is 4.81. The molecule has 2 aromatic carbocycles. The van der Waals surface area contributed by atoms with Gasteiger partial charge in [-0.05, 0) is 49.6 Å². The summed E-state index contributed by atoms with van der Waals surface area (Å²) >= 11 is 5.96. The molecule has 1 heterocycles. The standard InChI is InChI=1S/C22H27ClN2O2/c1-22(2,3)27-21(26)25-14-12-24(13-15-25)16-17-4-6-18(7-5-17)19-8-10-20(23)11-9-19/h4-11H,12-16H2,1-3H3. The summed E-state index contributed by atoms with van der Waals surface area (Å²) in [7, 11) is 0. The highest BCUT2D eigenvalue weighted by Crippen LogP contribution is 2.22. The van der Waals surface area contributed by atoms with Gasteiger partial charge in [0.2, 0.25) is 0 Å². The van der Waals surface area contributed by atoms with E-state index in [0.29, 0.717) is 13.1 Å². The number of benzene rings is 2. The van der Waals surface area contributed by atoms with Gasteiger partial charge < -0.3 is 9.64 Å². The average molecular weight is 387 g/mol. The van der Waals surface area contributed by atoms with Gasteiger partial charge in [0.1, 0.15) is 5.60 Å². The van der Waals surface area contributed by atoms with E-state index in [0.717, 1.165) is 30.2 Å². The number of rotatable bonds is 3. The van der Waals surface area contributed by atoms with Crippen molar-refractivity contribution in [1.29, 1.82) is 0 Å². The van der Waals surface area contributed by atoms with Gasteiger partial charge in [0.25, 0.3) is 0 Å². The summed E-state index contributed by atoms with van der Waals surface area (Å²) in [5, 5.41) is 0.751. The largest absolute Gasteiger partial charge is 0.444 e. The number of nitrogens with zero attached hydrogens (tertiary/aromatic N) is 2. The first-order valence-electron chi connectivity index (χ1n) is 9.35. The van der Waals surface area contributed by atoms with Crippen LogP contribution >= 0.6 is 11.6 Å². The van der Waals surface area contributed by atoms with Crippen molar-refractivity contribution in [1.82, 2.24) is 9.80 Å². The van der Waals surface area contributed by atoms with Crippen LogP contribution in [0.25, 0.3) is 11.1 Å². The molecule has 27 heavy (non-hydrogen) atoms. The van der Waals surface area contributed by atoms with Crippen LogP contribution in [0.3, 0.4) is 0 Å². The molecule has 0 aliphatic carbocycles. The van der Waals surface area contributed by atoms with Crippen molar-refractivity contribution in [2.24, 2.45) is 0 Å². The maximum Gasteiger partial charge on any atom is 0.410 e. The lowest BCUT2D eigenvalue weighted by Crippen LogP contribution is -2.49. The summed E-state index contributed by atoms with van der Waals surface area (Å²) in [5.41, 5.74) is 3.18. The van der Waals surface area contributed by atoms with E-state index in [1.807, 2.05) is 45.0 Å². The number of ether oxygens (including phenoxy) is 1. The molecule has 0 saturated carbocycles. The maximum absolute atomic E-state index is 12.1. The highest BCUT2D eigenvalue weighted by atomic mass is 35.5. The van der Waals surface area contributed by atoms with Gasteiger partial charge in [0.15, 0.2) is 0 Å². The fourth-order valence-corrected chi connectivity index (χ4v) is 3.24. The van der Waals surface area contributed by atoms with Crippen LogP contribution in [0.2, 0.25) is 5.02 Å². The lowest BCUT2D eigenvalue weighted by Gasteiger charge is -2.35. The number of hydrogen-bond acceptors (Lipinski definition) is 3. The van der Waals surface area contributed by atoms with Crippen LogP contribution in [0.4, 0.5) is 4.79 Å². The molecule has 0 N–H and O–H groups in total. The van der Waals surface area contributed by atoms with Crippen LogP contribution in [-0.4, -0.2) is 47.7 Å². The highest BCUT2D eigenvalue weighted by molar-refractivity contribution is 6.30. The van der Waals surface area contributed by atoms with Gasteiger partial charge in [-0.2, -0.15) is 0 Å². The minimum atomic E-state index is -0.444. The molecule has 1 aliphatic heterocycles. The minimum absolute atomic E-state index is 0.213. The van der Waals surface area contributed by atoms with E-state index < -0.39 is 5.60 Å². The maximum atomic E-state index is 12.1. The Morgan fingerprint density at radius 2 is 1.44 bits per heavy atom. The monoisotopic (exact) mass is 386 g/mol. The Labute approximate surface area is 166 Å². The van der Waals surface area contributed by atoms with Crippen molar-refractivity contribution >= 4 is 17.7 Å². The SMILES string of the molecule is CC(C)(C)OC(=O)N1CCN(Cc2ccc(-c3ccc(Cl)cc3)cc2)CC1. The molecule has 1 fully saturated rings. The highest BCUT2D eigenvalue weighted by Gasteiger charge is 2.25. The second-order valence-electron chi connectivity index (χ2n) is 7.95. The van der Waals surface area contributed by atoms with Crippen molar-refractivity contribution in [3.05, 3.63) is 59.1 Å². The molecular formula is C22H27ClN2O2. The summed E-state index contributed by atoms with van der Waals surface area (Å²) in [6, 6.07) is 16.5. The van der Waals surface area contributed by atoms with E-state index in [1.165, 1.54) is 11.1 Å². The van der Waals surface area contributed by atoms with E-state index in [-0.39, 0.29) is 6.09 Å². The molecular weight excluding hydrogens is 360 g/mol. The number of halogens is 1. The van der Waals surface area contributed by atoms with Crippen molar-refractivity contribution in [2.75, 3.05) is 26.2 Å².